The molecular weight excluding hydrogens is 1230 g/mol. The fourth-order valence-corrected chi connectivity index (χ4v) is 13.1. The normalized spacial score (nSPS) is 27.6. The molecule has 4 aliphatic heterocycles. The molecule has 8 aromatic carbocycles. The molecule has 16 nitrogen and oxygen atoms in total. The number of hydrogen-bond donors (Lipinski definition) is 1. The van der Waals surface area contributed by atoms with Crippen LogP contribution in [-0.2, 0) is 117 Å². The van der Waals surface area contributed by atoms with Gasteiger partial charge in [0, 0.05) is 20.2 Å². The summed E-state index contributed by atoms with van der Waals surface area (Å²) in [5.74, 6) is 0. The molecule has 0 aliphatic carbocycles. The zero-order chi connectivity index (χ0) is 65.7. The van der Waals surface area contributed by atoms with E-state index in [2.05, 4.69) is 19.6 Å². The van der Waals surface area contributed by atoms with Crippen molar-refractivity contribution in [2.45, 2.75) is 170 Å². The van der Waals surface area contributed by atoms with Gasteiger partial charge >= 0.3 is 0 Å². The maximum atomic E-state index is 12.9. The van der Waals surface area contributed by atoms with Crippen molar-refractivity contribution < 1.29 is 76.2 Å². The number of ether oxygens (including phenoxy) is 15. The van der Waals surface area contributed by atoms with E-state index in [1.54, 1.807) is 0 Å². The van der Waals surface area contributed by atoms with Crippen molar-refractivity contribution in [3.8, 4) is 0 Å². The third kappa shape index (κ3) is 19.6. The standard InChI is InChI=1S/C79H90O16Si/c1-96(2,3)45-44-83-77-74(87-51-61-38-22-9-23-39-61)72(86-50-60-36-20-8-21-37-60)70(65(90-77)54-82-47-57-30-14-5-15-31-57)94-79-75(88-52-62-40-24-10-25-41-62)73(69(84-48-58-32-16-6-17-33-58)64(91-79)53-81-46-56-28-12-4-13-29-56)95-78-71(85-49-59-34-18-7-19-35-59)67(80)68-66(92-78)55-89-76(93-68)63-42-26-11-27-43-63/h4-43,64-80H,44-55H2,1-3H3/t64-,65-,66-,67+,68+,69+,70-,71-,72+,73+,74-,75-,76?,77-,78-,79+/m1/s1. The number of rotatable bonds is 32. The first-order valence-electron chi connectivity index (χ1n) is 33.5. The molecular formula is C79H90O16Si. The van der Waals surface area contributed by atoms with E-state index in [1.165, 1.54) is 0 Å². The minimum Gasteiger partial charge on any atom is -0.387 e. The van der Waals surface area contributed by atoms with Crippen molar-refractivity contribution >= 4 is 8.07 Å². The van der Waals surface area contributed by atoms with E-state index in [9.17, 15) is 5.11 Å². The molecule has 17 heteroatoms. The lowest BCUT2D eigenvalue weighted by molar-refractivity contribution is -0.405. The summed E-state index contributed by atoms with van der Waals surface area (Å²) in [6.07, 6.45) is -16.3. The van der Waals surface area contributed by atoms with E-state index in [0.29, 0.717) is 6.61 Å². The second-order valence-corrected chi connectivity index (χ2v) is 31.6. The van der Waals surface area contributed by atoms with Gasteiger partial charge in [-0.1, -0.05) is 262 Å². The maximum Gasteiger partial charge on any atom is 0.187 e. The fraction of sp³-hybridized carbons (Fsp3) is 0.392. The Kier molecular flexibility index (Phi) is 25.4. The number of hydrogen-bond acceptors (Lipinski definition) is 16. The summed E-state index contributed by atoms with van der Waals surface area (Å²) < 4.78 is 107. The first-order chi connectivity index (χ1) is 47.1. The summed E-state index contributed by atoms with van der Waals surface area (Å²) >= 11 is 0. The maximum absolute atomic E-state index is 12.9. The highest BCUT2D eigenvalue weighted by Gasteiger charge is 2.58. The quantitative estimate of drug-likeness (QED) is 0.0397. The summed E-state index contributed by atoms with van der Waals surface area (Å²) in [6.45, 7) is 8.77. The van der Waals surface area contributed by atoms with Crippen LogP contribution in [0.15, 0.2) is 243 Å². The highest BCUT2D eigenvalue weighted by molar-refractivity contribution is 6.76. The molecule has 16 atom stereocenters. The average Bonchev–Trinajstić information content (AvgIpc) is 0.771. The summed E-state index contributed by atoms with van der Waals surface area (Å²) in [6, 6.07) is 80.2. The number of fused-ring (bicyclic) bond motifs is 1. The van der Waals surface area contributed by atoms with Crippen LogP contribution in [0, 0.1) is 0 Å². The molecule has 0 saturated carbocycles. The van der Waals surface area contributed by atoms with Crippen LogP contribution >= 0.6 is 0 Å². The van der Waals surface area contributed by atoms with Gasteiger partial charge in [0.15, 0.2) is 25.2 Å². The van der Waals surface area contributed by atoms with Gasteiger partial charge in [-0.2, -0.15) is 0 Å². The molecule has 4 aliphatic rings. The van der Waals surface area contributed by atoms with E-state index >= 15 is 0 Å². The summed E-state index contributed by atoms with van der Waals surface area (Å²) in [5.41, 5.74) is 7.27. The molecule has 4 saturated heterocycles. The Bertz CT molecular complexity index is 3460. The molecule has 4 heterocycles. The van der Waals surface area contributed by atoms with Crippen LogP contribution in [0.5, 0.6) is 0 Å². The second kappa shape index (κ2) is 35.2. The monoisotopic (exact) mass is 1320 g/mol. The highest BCUT2D eigenvalue weighted by atomic mass is 28.3. The summed E-state index contributed by atoms with van der Waals surface area (Å²) in [7, 11) is -1.62. The summed E-state index contributed by atoms with van der Waals surface area (Å²) in [5, 5.41) is 12.9. The van der Waals surface area contributed by atoms with Crippen molar-refractivity contribution in [2.24, 2.45) is 0 Å². The topological polar surface area (TPSA) is 159 Å². The van der Waals surface area contributed by atoms with Gasteiger partial charge in [0.1, 0.15) is 73.2 Å². The van der Waals surface area contributed by atoms with Crippen LogP contribution in [0.1, 0.15) is 50.8 Å². The van der Waals surface area contributed by atoms with Crippen molar-refractivity contribution in [3.05, 3.63) is 287 Å². The van der Waals surface area contributed by atoms with Gasteiger partial charge in [0.2, 0.25) is 0 Å². The van der Waals surface area contributed by atoms with E-state index in [1.807, 2.05) is 243 Å². The molecule has 1 N–H and O–H groups in total. The predicted octanol–water partition coefficient (Wildman–Crippen LogP) is 13.1. The summed E-state index contributed by atoms with van der Waals surface area (Å²) in [4.78, 5) is 0. The van der Waals surface area contributed by atoms with Gasteiger partial charge in [-0.05, 0) is 45.0 Å². The zero-order valence-corrected chi connectivity index (χ0v) is 55.9. The lowest BCUT2D eigenvalue weighted by atomic mass is 9.94. The minimum atomic E-state index is -1.62. The molecule has 0 aromatic heterocycles. The molecule has 8 aromatic rings. The van der Waals surface area contributed by atoms with E-state index in [0.717, 1.165) is 50.6 Å². The highest BCUT2D eigenvalue weighted by Crippen LogP contribution is 2.41. The smallest absolute Gasteiger partial charge is 0.187 e. The molecule has 1 unspecified atom stereocenters. The molecule has 0 bridgehead atoms. The van der Waals surface area contributed by atoms with Crippen molar-refractivity contribution in [1.82, 2.24) is 0 Å². The Hall–Kier alpha value is -6.66. The third-order valence-electron chi connectivity index (χ3n) is 17.5. The van der Waals surface area contributed by atoms with Crippen LogP contribution in [0.4, 0.5) is 0 Å². The molecule has 506 valence electrons. The van der Waals surface area contributed by atoms with Crippen molar-refractivity contribution in [1.29, 1.82) is 0 Å². The lowest BCUT2D eigenvalue weighted by Crippen LogP contribution is -2.68. The van der Waals surface area contributed by atoms with Gasteiger partial charge in [-0.15, -0.1) is 0 Å². The lowest BCUT2D eigenvalue weighted by Gasteiger charge is -2.52. The SMILES string of the molecule is C[Si](C)(C)CCO[C@@H]1O[C@H](COCc2ccccc2)[C@@H](O[C@@H]2O[C@H](COCc3ccccc3)[C@H](OCc3ccccc3)[C@H](O[C@H]3O[C@@H]4COC(c5ccccc5)O[C@@H]4[C@H](O)[C@H]3OCc3ccccc3)[C@H]2OCc2ccccc2)[C@H](OCc2ccccc2)[C@H]1OCc1ccccc1. The van der Waals surface area contributed by atoms with Crippen LogP contribution in [-0.4, -0.2) is 132 Å². The first kappa shape index (κ1) is 69.2. The molecule has 4 fully saturated rings. The first-order valence-corrected chi connectivity index (χ1v) is 37.2. The number of aliphatic hydroxyl groups is 1. The molecule has 0 amide bonds. The van der Waals surface area contributed by atoms with Crippen molar-refractivity contribution in [3.63, 3.8) is 0 Å². The van der Waals surface area contributed by atoms with Gasteiger partial charge < -0.3 is 76.2 Å². The Balaban J connectivity index is 0.970. The Morgan fingerprint density at radius 2 is 0.708 bits per heavy atom. The molecule has 12 rings (SSSR count). The Labute approximate surface area is 565 Å². The van der Waals surface area contributed by atoms with E-state index in [-0.39, 0.29) is 66.1 Å². The van der Waals surface area contributed by atoms with Gasteiger partial charge in [-0.25, -0.2) is 0 Å². The second-order valence-electron chi connectivity index (χ2n) is 26.0. The number of aliphatic hydroxyl groups excluding tert-OH is 1. The average molecular weight is 1320 g/mol. The van der Waals surface area contributed by atoms with Gasteiger partial charge in [-0.3, -0.25) is 0 Å². The number of benzene rings is 8. The van der Waals surface area contributed by atoms with Gasteiger partial charge in [0.25, 0.3) is 0 Å². The van der Waals surface area contributed by atoms with Crippen LogP contribution in [0.2, 0.25) is 25.7 Å². The van der Waals surface area contributed by atoms with Gasteiger partial charge in [0.05, 0.1) is 66.1 Å². The van der Waals surface area contributed by atoms with Crippen LogP contribution < -0.4 is 0 Å². The fourth-order valence-electron chi connectivity index (χ4n) is 12.3. The predicted molar refractivity (Wildman–Crippen MR) is 363 cm³/mol. The van der Waals surface area contributed by atoms with Crippen molar-refractivity contribution in [2.75, 3.05) is 26.4 Å². The largest absolute Gasteiger partial charge is 0.387 e. The Morgan fingerprint density at radius 3 is 1.16 bits per heavy atom. The third-order valence-corrected chi connectivity index (χ3v) is 19.2. The van der Waals surface area contributed by atoms with Crippen LogP contribution in [0.3, 0.4) is 0 Å². The van der Waals surface area contributed by atoms with E-state index < -0.39 is 106 Å². The van der Waals surface area contributed by atoms with Crippen LogP contribution in [0.25, 0.3) is 0 Å². The Morgan fingerprint density at radius 1 is 0.354 bits per heavy atom. The minimum absolute atomic E-state index is 0.00332. The molecule has 0 spiro atoms. The molecule has 96 heavy (non-hydrogen) atoms. The zero-order valence-electron chi connectivity index (χ0n) is 54.9. The van der Waals surface area contributed by atoms with E-state index in [4.69, 9.17) is 71.1 Å². The molecule has 0 radical (unpaired) electrons.